The predicted octanol–water partition coefficient (Wildman–Crippen LogP) is 0.918. The minimum absolute atomic E-state index is 0.151. The van der Waals surface area contributed by atoms with Gasteiger partial charge in [-0.15, -0.1) is 0 Å². The van der Waals surface area contributed by atoms with E-state index in [0.717, 1.165) is 18.4 Å². The largest absolute Gasteiger partial charge is 0.384 e. The van der Waals surface area contributed by atoms with Gasteiger partial charge in [-0.1, -0.05) is 30.3 Å². The van der Waals surface area contributed by atoms with Gasteiger partial charge in [0.05, 0.1) is 6.54 Å². The van der Waals surface area contributed by atoms with Gasteiger partial charge < -0.3 is 11.1 Å². The molecule has 0 spiro atoms. The Bertz CT molecular complexity index is 410. The van der Waals surface area contributed by atoms with Crippen LogP contribution in [0.1, 0.15) is 18.4 Å². The van der Waals surface area contributed by atoms with Crippen LogP contribution in [-0.2, 0) is 4.79 Å². The van der Waals surface area contributed by atoms with Crippen LogP contribution in [0.2, 0.25) is 0 Å². The lowest BCUT2D eigenvalue weighted by atomic mass is 10.2. The summed E-state index contributed by atoms with van der Waals surface area (Å²) in [5.74, 6) is 0.926. The number of carbonyl (C=O) groups is 1. The topological polar surface area (TPSA) is 67.5 Å². The molecule has 0 atom stereocenters. The van der Waals surface area contributed by atoms with Gasteiger partial charge in [-0.2, -0.15) is 0 Å². The molecule has 0 heterocycles. The van der Waals surface area contributed by atoms with Crippen molar-refractivity contribution in [3.63, 3.8) is 0 Å². The van der Waals surface area contributed by atoms with Crippen LogP contribution in [0, 0.1) is 5.92 Å². The molecule has 90 valence electrons. The van der Waals surface area contributed by atoms with Crippen LogP contribution in [-0.4, -0.2) is 24.8 Å². The van der Waals surface area contributed by atoms with Crippen molar-refractivity contribution in [3.05, 3.63) is 35.9 Å². The zero-order valence-electron chi connectivity index (χ0n) is 9.73. The SMILES string of the molecule is NC(=NCCNC(=O)C1CC1)c1ccccc1. The van der Waals surface area contributed by atoms with Gasteiger partial charge >= 0.3 is 0 Å². The van der Waals surface area contributed by atoms with Crippen molar-refractivity contribution in [1.82, 2.24) is 5.32 Å². The Kier molecular flexibility index (Phi) is 3.75. The Morgan fingerprint density at radius 1 is 1.35 bits per heavy atom. The number of aliphatic imine (C=N–C) groups is 1. The molecule has 2 rings (SSSR count). The lowest BCUT2D eigenvalue weighted by molar-refractivity contribution is -0.122. The molecule has 1 amide bonds. The van der Waals surface area contributed by atoms with Gasteiger partial charge in [-0.25, -0.2) is 0 Å². The maximum absolute atomic E-state index is 11.3. The third-order valence-corrected chi connectivity index (χ3v) is 2.71. The number of hydrogen-bond acceptors (Lipinski definition) is 2. The Morgan fingerprint density at radius 2 is 2.06 bits per heavy atom. The summed E-state index contributed by atoms with van der Waals surface area (Å²) < 4.78 is 0. The zero-order chi connectivity index (χ0) is 12.1. The first-order chi connectivity index (χ1) is 8.27. The summed E-state index contributed by atoms with van der Waals surface area (Å²) in [5.41, 5.74) is 6.74. The molecule has 0 bridgehead atoms. The van der Waals surface area contributed by atoms with Gasteiger partial charge in [0.25, 0.3) is 0 Å². The maximum atomic E-state index is 11.3. The van der Waals surface area contributed by atoms with Crippen molar-refractivity contribution in [2.45, 2.75) is 12.8 Å². The van der Waals surface area contributed by atoms with E-state index in [2.05, 4.69) is 10.3 Å². The number of amidine groups is 1. The molecule has 1 aromatic carbocycles. The molecule has 1 aliphatic rings. The molecule has 1 aromatic rings. The van der Waals surface area contributed by atoms with Gasteiger partial charge in [0, 0.05) is 18.0 Å². The number of nitrogens with two attached hydrogens (primary N) is 1. The monoisotopic (exact) mass is 231 g/mol. The number of hydrogen-bond donors (Lipinski definition) is 2. The van der Waals surface area contributed by atoms with Crippen LogP contribution >= 0.6 is 0 Å². The maximum Gasteiger partial charge on any atom is 0.223 e. The van der Waals surface area contributed by atoms with Crippen LogP contribution in [0.15, 0.2) is 35.3 Å². The van der Waals surface area contributed by atoms with Crippen molar-refractivity contribution in [2.75, 3.05) is 13.1 Å². The lowest BCUT2D eigenvalue weighted by Gasteiger charge is -2.03. The molecule has 4 heteroatoms. The van der Waals surface area contributed by atoms with Gasteiger partial charge in [0.2, 0.25) is 5.91 Å². The summed E-state index contributed by atoms with van der Waals surface area (Å²) in [6.45, 7) is 1.09. The van der Waals surface area contributed by atoms with Crippen molar-refractivity contribution in [1.29, 1.82) is 0 Å². The van der Waals surface area contributed by atoms with Crippen molar-refractivity contribution in [2.24, 2.45) is 16.6 Å². The molecule has 0 saturated heterocycles. The van der Waals surface area contributed by atoms with Crippen LogP contribution in [0.25, 0.3) is 0 Å². The number of rotatable bonds is 5. The number of amides is 1. The summed E-state index contributed by atoms with van der Waals surface area (Å²) >= 11 is 0. The highest BCUT2D eigenvalue weighted by Crippen LogP contribution is 2.28. The average molecular weight is 231 g/mol. The van der Waals surface area contributed by atoms with Gasteiger partial charge in [0.1, 0.15) is 5.84 Å². The molecule has 0 radical (unpaired) electrons. The van der Waals surface area contributed by atoms with E-state index >= 15 is 0 Å². The molecule has 4 nitrogen and oxygen atoms in total. The van der Waals surface area contributed by atoms with Crippen LogP contribution < -0.4 is 11.1 Å². The molecule has 17 heavy (non-hydrogen) atoms. The molecule has 1 aliphatic carbocycles. The third kappa shape index (κ3) is 3.59. The predicted molar refractivity (Wildman–Crippen MR) is 67.8 cm³/mol. The first-order valence-corrected chi connectivity index (χ1v) is 5.90. The fraction of sp³-hybridized carbons (Fsp3) is 0.385. The second-order valence-electron chi connectivity index (χ2n) is 4.20. The van der Waals surface area contributed by atoms with E-state index in [4.69, 9.17) is 5.73 Å². The average Bonchev–Trinajstić information content (AvgIpc) is 3.19. The van der Waals surface area contributed by atoms with E-state index in [9.17, 15) is 4.79 Å². The Morgan fingerprint density at radius 3 is 2.71 bits per heavy atom. The summed E-state index contributed by atoms with van der Waals surface area (Å²) in [4.78, 5) is 15.6. The highest BCUT2D eigenvalue weighted by Gasteiger charge is 2.28. The Balaban J connectivity index is 1.74. The number of nitrogens with zero attached hydrogens (tertiary/aromatic N) is 1. The van der Waals surface area contributed by atoms with E-state index < -0.39 is 0 Å². The van der Waals surface area contributed by atoms with E-state index in [1.807, 2.05) is 30.3 Å². The Hall–Kier alpha value is -1.84. The zero-order valence-corrected chi connectivity index (χ0v) is 9.73. The molecule has 0 unspecified atom stereocenters. The van der Waals surface area contributed by atoms with Crippen molar-refractivity contribution < 1.29 is 4.79 Å². The summed E-state index contributed by atoms with van der Waals surface area (Å²) in [6.07, 6.45) is 2.06. The fourth-order valence-corrected chi connectivity index (χ4v) is 1.55. The van der Waals surface area contributed by atoms with Crippen LogP contribution in [0.5, 0.6) is 0 Å². The molecular weight excluding hydrogens is 214 g/mol. The van der Waals surface area contributed by atoms with E-state index in [1.54, 1.807) is 0 Å². The molecular formula is C13H17N3O. The second kappa shape index (κ2) is 5.48. The first kappa shape index (κ1) is 11.6. The first-order valence-electron chi connectivity index (χ1n) is 5.90. The number of nitrogens with one attached hydrogen (secondary N) is 1. The van der Waals surface area contributed by atoms with E-state index in [-0.39, 0.29) is 11.8 Å². The van der Waals surface area contributed by atoms with Crippen molar-refractivity contribution >= 4 is 11.7 Å². The smallest absolute Gasteiger partial charge is 0.223 e. The fourth-order valence-electron chi connectivity index (χ4n) is 1.55. The minimum Gasteiger partial charge on any atom is -0.384 e. The van der Waals surface area contributed by atoms with E-state index in [1.165, 1.54) is 0 Å². The Labute approximate surface area is 101 Å². The van der Waals surface area contributed by atoms with Crippen LogP contribution in [0.3, 0.4) is 0 Å². The highest BCUT2D eigenvalue weighted by atomic mass is 16.2. The lowest BCUT2D eigenvalue weighted by Crippen LogP contribution is -2.28. The summed E-state index contributed by atoms with van der Waals surface area (Å²) in [7, 11) is 0. The van der Waals surface area contributed by atoms with Gasteiger partial charge in [-0.3, -0.25) is 9.79 Å². The minimum atomic E-state index is 0.151. The summed E-state index contributed by atoms with van der Waals surface area (Å²) in [5, 5.41) is 2.85. The van der Waals surface area contributed by atoms with E-state index in [0.29, 0.717) is 18.9 Å². The standard InChI is InChI=1S/C13H17N3O/c14-12(10-4-2-1-3-5-10)15-8-9-16-13(17)11-6-7-11/h1-5,11H,6-9H2,(H2,14,15)(H,16,17). The highest BCUT2D eigenvalue weighted by molar-refractivity contribution is 5.97. The molecule has 0 aliphatic heterocycles. The number of carbonyl (C=O) groups excluding carboxylic acids is 1. The molecule has 1 fully saturated rings. The van der Waals surface area contributed by atoms with Gasteiger partial charge in [-0.05, 0) is 12.8 Å². The third-order valence-electron chi connectivity index (χ3n) is 2.71. The summed E-state index contributed by atoms with van der Waals surface area (Å²) in [6, 6.07) is 9.62. The number of benzene rings is 1. The second-order valence-corrected chi connectivity index (χ2v) is 4.20. The molecule has 3 N–H and O–H groups in total. The van der Waals surface area contributed by atoms with Crippen LogP contribution in [0.4, 0.5) is 0 Å². The molecule has 1 saturated carbocycles. The normalized spacial score (nSPS) is 15.6. The quantitative estimate of drug-likeness (QED) is 0.449. The molecule has 0 aromatic heterocycles. The van der Waals surface area contributed by atoms with Crippen molar-refractivity contribution in [3.8, 4) is 0 Å². The van der Waals surface area contributed by atoms with Gasteiger partial charge in [0.15, 0.2) is 0 Å².